The van der Waals surface area contributed by atoms with Crippen molar-refractivity contribution >= 4 is 11.8 Å². The number of ether oxygens (including phenoxy) is 1. The second-order valence-electron chi connectivity index (χ2n) is 5.96. The predicted molar refractivity (Wildman–Crippen MR) is 102 cm³/mol. The maximum Gasteiger partial charge on any atom is 0.214 e. The van der Waals surface area contributed by atoms with E-state index in [4.69, 9.17) is 10.00 Å². The lowest BCUT2D eigenvalue weighted by atomic mass is 10.2. The Morgan fingerprint density at radius 3 is 2.63 bits per heavy atom. The molecule has 0 fully saturated rings. The number of aliphatic hydroxyl groups excluding tert-OH is 1. The van der Waals surface area contributed by atoms with Crippen LogP contribution in [0.15, 0.2) is 53.7 Å². The molecule has 0 aliphatic rings. The largest absolute Gasteiger partial charge is 0.491 e. The zero-order chi connectivity index (χ0) is 19.1. The fourth-order valence-corrected chi connectivity index (χ4v) is 3.12. The number of rotatable bonds is 8. The number of aryl methyl sites for hydroxylation is 1. The van der Waals surface area contributed by atoms with Gasteiger partial charge in [-0.05, 0) is 47.2 Å². The molecule has 1 N–H and O–H groups in total. The Labute approximate surface area is 161 Å². The molecule has 0 bridgehead atoms. The Bertz CT molecular complexity index is 903. The summed E-state index contributed by atoms with van der Waals surface area (Å²) in [4.78, 5) is 0. The van der Waals surface area contributed by atoms with Gasteiger partial charge in [-0.25, -0.2) is 0 Å². The number of aromatic nitrogens is 4. The summed E-state index contributed by atoms with van der Waals surface area (Å²) in [5, 5.41) is 31.2. The van der Waals surface area contributed by atoms with Crippen molar-refractivity contribution in [3.63, 3.8) is 0 Å². The van der Waals surface area contributed by atoms with Gasteiger partial charge in [0.1, 0.15) is 12.4 Å². The highest BCUT2D eigenvalue weighted by molar-refractivity contribution is 7.99. The Morgan fingerprint density at radius 2 is 1.93 bits per heavy atom. The standard InChI is InChI=1S/C19H19N5O2S/c1-14-2-6-16(7-3-14)24-19(21-22-23-24)27-13-17(25)12-26-18-8-4-15(5-9-18)10-11-20/h2-9,17,25H,10,12-13H2,1H3/t17-/m0/s1. The number of nitrogens with zero attached hydrogens (tertiary/aromatic N) is 5. The summed E-state index contributed by atoms with van der Waals surface area (Å²) < 4.78 is 7.24. The van der Waals surface area contributed by atoms with Gasteiger partial charge in [0.05, 0.1) is 24.3 Å². The molecule has 0 amide bonds. The first kappa shape index (κ1) is 18.9. The van der Waals surface area contributed by atoms with Gasteiger partial charge in [0, 0.05) is 5.75 Å². The van der Waals surface area contributed by atoms with Crippen molar-refractivity contribution in [3.8, 4) is 17.5 Å². The third kappa shape index (κ3) is 5.29. The monoisotopic (exact) mass is 381 g/mol. The van der Waals surface area contributed by atoms with E-state index in [1.165, 1.54) is 11.8 Å². The molecule has 2 aromatic carbocycles. The lowest BCUT2D eigenvalue weighted by Gasteiger charge is -2.12. The minimum atomic E-state index is -0.669. The van der Waals surface area contributed by atoms with E-state index >= 15 is 0 Å². The van der Waals surface area contributed by atoms with Crippen LogP contribution < -0.4 is 4.74 Å². The fourth-order valence-electron chi connectivity index (χ4n) is 2.32. The molecule has 0 unspecified atom stereocenters. The highest BCUT2D eigenvalue weighted by Crippen LogP contribution is 2.20. The topological polar surface area (TPSA) is 96.8 Å². The van der Waals surface area contributed by atoms with Crippen molar-refractivity contribution in [1.82, 2.24) is 20.2 Å². The van der Waals surface area contributed by atoms with E-state index in [-0.39, 0.29) is 6.61 Å². The molecule has 7 nitrogen and oxygen atoms in total. The van der Waals surface area contributed by atoms with Crippen LogP contribution in [0, 0.1) is 18.3 Å². The maximum absolute atomic E-state index is 10.2. The van der Waals surface area contributed by atoms with Crippen molar-refractivity contribution in [3.05, 3.63) is 59.7 Å². The van der Waals surface area contributed by atoms with Crippen molar-refractivity contribution in [2.75, 3.05) is 12.4 Å². The van der Waals surface area contributed by atoms with Gasteiger partial charge in [0.15, 0.2) is 0 Å². The molecular formula is C19H19N5O2S. The molecular weight excluding hydrogens is 362 g/mol. The van der Waals surface area contributed by atoms with Gasteiger partial charge >= 0.3 is 0 Å². The molecule has 27 heavy (non-hydrogen) atoms. The van der Waals surface area contributed by atoms with Crippen molar-refractivity contribution in [1.29, 1.82) is 5.26 Å². The van der Waals surface area contributed by atoms with Crippen LogP contribution in [0.2, 0.25) is 0 Å². The van der Waals surface area contributed by atoms with Crippen LogP contribution >= 0.6 is 11.8 Å². The highest BCUT2D eigenvalue weighted by atomic mass is 32.2. The van der Waals surface area contributed by atoms with Crippen LogP contribution in [0.3, 0.4) is 0 Å². The third-order valence-corrected chi connectivity index (χ3v) is 4.84. The Hall–Kier alpha value is -2.89. The van der Waals surface area contributed by atoms with Crippen LogP contribution in [0.1, 0.15) is 11.1 Å². The van der Waals surface area contributed by atoms with Gasteiger partial charge in [0.25, 0.3) is 0 Å². The molecule has 8 heteroatoms. The van der Waals surface area contributed by atoms with Gasteiger partial charge in [0.2, 0.25) is 5.16 Å². The van der Waals surface area contributed by atoms with Crippen LogP contribution in [0.4, 0.5) is 0 Å². The smallest absolute Gasteiger partial charge is 0.214 e. The number of tetrazole rings is 1. The molecule has 3 rings (SSSR count). The summed E-state index contributed by atoms with van der Waals surface area (Å²) in [6.45, 7) is 2.18. The lowest BCUT2D eigenvalue weighted by Crippen LogP contribution is -2.20. The van der Waals surface area contributed by atoms with E-state index in [0.29, 0.717) is 23.1 Å². The molecule has 1 aromatic heterocycles. The minimum absolute atomic E-state index is 0.163. The summed E-state index contributed by atoms with van der Waals surface area (Å²) in [5.41, 5.74) is 2.97. The summed E-state index contributed by atoms with van der Waals surface area (Å²) in [6, 6.07) is 17.3. The quantitative estimate of drug-likeness (QED) is 0.599. The van der Waals surface area contributed by atoms with Gasteiger partial charge in [-0.2, -0.15) is 9.94 Å². The van der Waals surface area contributed by atoms with Gasteiger partial charge < -0.3 is 9.84 Å². The third-order valence-electron chi connectivity index (χ3n) is 3.77. The number of hydrogen-bond acceptors (Lipinski definition) is 7. The normalized spacial score (nSPS) is 11.7. The highest BCUT2D eigenvalue weighted by Gasteiger charge is 2.13. The Kier molecular flexibility index (Phi) is 6.41. The number of nitriles is 1. The van der Waals surface area contributed by atoms with Gasteiger partial charge in [-0.15, -0.1) is 5.10 Å². The zero-order valence-electron chi connectivity index (χ0n) is 14.8. The van der Waals surface area contributed by atoms with E-state index in [9.17, 15) is 5.11 Å². The first-order chi connectivity index (χ1) is 13.2. The number of thioether (sulfide) groups is 1. The van der Waals surface area contributed by atoms with E-state index in [1.807, 2.05) is 43.3 Å². The van der Waals surface area contributed by atoms with Crippen molar-refractivity contribution < 1.29 is 9.84 Å². The number of hydrogen-bond donors (Lipinski definition) is 1. The van der Waals surface area contributed by atoms with E-state index in [1.54, 1.807) is 16.8 Å². The molecule has 1 atom stereocenters. The van der Waals surface area contributed by atoms with Crippen molar-refractivity contribution in [2.24, 2.45) is 0 Å². The van der Waals surface area contributed by atoms with Gasteiger partial charge in [-0.1, -0.05) is 41.6 Å². The Morgan fingerprint density at radius 1 is 1.19 bits per heavy atom. The SMILES string of the molecule is Cc1ccc(-n2nnnc2SC[C@@H](O)COc2ccc(CC#N)cc2)cc1. The second-order valence-corrected chi connectivity index (χ2v) is 6.95. The number of benzene rings is 2. The average Bonchev–Trinajstić information content (AvgIpc) is 3.15. The van der Waals surface area contributed by atoms with Gasteiger partial charge in [-0.3, -0.25) is 0 Å². The molecule has 3 aromatic rings. The minimum Gasteiger partial charge on any atom is -0.491 e. The summed E-state index contributed by atoms with van der Waals surface area (Å²) in [7, 11) is 0. The summed E-state index contributed by atoms with van der Waals surface area (Å²) in [5.74, 6) is 1.06. The molecule has 1 heterocycles. The Balaban J connectivity index is 1.51. The molecule has 0 aliphatic heterocycles. The second kappa shape index (κ2) is 9.16. The molecule has 0 saturated heterocycles. The maximum atomic E-state index is 10.2. The van der Waals surface area contributed by atoms with Crippen molar-refractivity contribution in [2.45, 2.75) is 24.6 Å². The summed E-state index contributed by atoms with van der Waals surface area (Å²) >= 11 is 1.37. The molecule has 138 valence electrons. The van der Waals surface area contributed by atoms with E-state index in [0.717, 1.165) is 16.8 Å². The van der Waals surface area contributed by atoms with Crippen LogP contribution in [-0.4, -0.2) is 43.8 Å². The first-order valence-electron chi connectivity index (χ1n) is 8.40. The van der Waals surface area contributed by atoms with Crippen LogP contribution in [-0.2, 0) is 6.42 Å². The fraction of sp³-hybridized carbons (Fsp3) is 0.263. The lowest BCUT2D eigenvalue weighted by molar-refractivity contribution is 0.126. The first-order valence-corrected chi connectivity index (χ1v) is 9.39. The molecule has 0 spiro atoms. The van der Waals surface area contributed by atoms with Crippen LogP contribution in [0.5, 0.6) is 5.75 Å². The predicted octanol–water partition coefficient (Wildman–Crippen LogP) is 2.57. The molecule has 0 saturated carbocycles. The zero-order valence-corrected chi connectivity index (χ0v) is 15.6. The molecule has 0 aliphatic carbocycles. The number of aliphatic hydroxyl groups is 1. The summed E-state index contributed by atoms with van der Waals surface area (Å²) in [6.07, 6.45) is -0.299. The van der Waals surface area contributed by atoms with E-state index < -0.39 is 6.10 Å². The average molecular weight is 381 g/mol. The molecule has 0 radical (unpaired) electrons. The van der Waals surface area contributed by atoms with Crippen LogP contribution in [0.25, 0.3) is 5.69 Å². The van der Waals surface area contributed by atoms with E-state index in [2.05, 4.69) is 21.6 Å².